The predicted molar refractivity (Wildman–Crippen MR) is 177 cm³/mol. The molecule has 6 heterocycles. The molecule has 4 aliphatic heterocycles. The Morgan fingerprint density at radius 1 is 0.933 bits per heavy atom. The average Bonchev–Trinajstić information content (AvgIpc) is 3.06. The molecule has 11 nitrogen and oxygen atoms in total. The maximum atomic E-state index is 12.6. The Balaban J connectivity index is 1.02. The highest BCUT2D eigenvalue weighted by Crippen LogP contribution is 2.40. The summed E-state index contributed by atoms with van der Waals surface area (Å²) in [7, 11) is 2.24. The van der Waals surface area contributed by atoms with Gasteiger partial charge in [0.25, 0.3) is 5.91 Å². The molecule has 4 fully saturated rings. The summed E-state index contributed by atoms with van der Waals surface area (Å²) >= 11 is 0. The summed E-state index contributed by atoms with van der Waals surface area (Å²) in [5.41, 5.74) is 9.65. The van der Waals surface area contributed by atoms with Crippen molar-refractivity contribution < 1.29 is 9.53 Å². The van der Waals surface area contributed by atoms with Crippen LogP contribution in [0.4, 0.5) is 23.0 Å². The van der Waals surface area contributed by atoms with Gasteiger partial charge in [-0.15, -0.1) is 0 Å². The number of benzene rings is 1. The number of primary amides is 1. The fraction of sp³-hybridized carbons (Fsp3) is 0.529. The maximum absolute atomic E-state index is 12.6. The Bertz CT molecular complexity index is 1450. The van der Waals surface area contributed by atoms with Crippen LogP contribution >= 0.6 is 0 Å². The number of rotatable bonds is 8. The van der Waals surface area contributed by atoms with Crippen molar-refractivity contribution in [2.24, 2.45) is 11.1 Å². The van der Waals surface area contributed by atoms with E-state index in [1.54, 1.807) is 6.20 Å². The van der Waals surface area contributed by atoms with E-state index in [1.807, 2.05) is 30.3 Å². The van der Waals surface area contributed by atoms with Gasteiger partial charge >= 0.3 is 0 Å². The van der Waals surface area contributed by atoms with Gasteiger partial charge in [0, 0.05) is 69.0 Å². The SMILES string of the molecule is CN1CC2(CCN(C3CCN(c4ccc(Nc5nc(NC6CCOCC6)c(-c6ccccn6)nc5C(N)=O)cc4)CC3)CC2)C1. The second kappa shape index (κ2) is 12.9. The van der Waals surface area contributed by atoms with Gasteiger partial charge in [-0.3, -0.25) is 9.78 Å². The molecule has 0 radical (unpaired) electrons. The van der Waals surface area contributed by atoms with Gasteiger partial charge in [-0.1, -0.05) is 6.07 Å². The molecule has 45 heavy (non-hydrogen) atoms. The molecule has 0 aliphatic carbocycles. The molecule has 1 aromatic carbocycles. The second-order valence-electron chi connectivity index (χ2n) is 13.3. The van der Waals surface area contributed by atoms with Gasteiger partial charge in [-0.05, 0) is 100 Å². The minimum atomic E-state index is -0.650. The fourth-order valence-corrected chi connectivity index (χ4v) is 7.67. The number of aromatic nitrogens is 3. The number of ether oxygens (including phenoxy) is 1. The summed E-state index contributed by atoms with van der Waals surface area (Å²) in [6, 6.07) is 14.8. The number of carbonyl (C=O) groups excluding carboxylic acids is 1. The summed E-state index contributed by atoms with van der Waals surface area (Å²) in [6.07, 6.45) is 8.54. The van der Waals surface area contributed by atoms with Gasteiger partial charge in [-0.25, -0.2) is 9.97 Å². The van der Waals surface area contributed by atoms with Gasteiger partial charge in [0.1, 0.15) is 5.69 Å². The topological polar surface area (TPSA) is 125 Å². The largest absolute Gasteiger partial charge is 0.381 e. The van der Waals surface area contributed by atoms with Crippen LogP contribution in [0.5, 0.6) is 0 Å². The smallest absolute Gasteiger partial charge is 0.271 e. The zero-order chi connectivity index (χ0) is 30.8. The highest BCUT2D eigenvalue weighted by atomic mass is 16.5. The number of carbonyl (C=O) groups is 1. The first-order valence-corrected chi connectivity index (χ1v) is 16.5. The number of hydrogen-bond acceptors (Lipinski definition) is 10. The summed E-state index contributed by atoms with van der Waals surface area (Å²) in [5.74, 6) is 0.238. The van der Waals surface area contributed by atoms with E-state index < -0.39 is 5.91 Å². The number of anilines is 4. The fourth-order valence-electron chi connectivity index (χ4n) is 7.67. The third-order valence-corrected chi connectivity index (χ3v) is 10.1. The maximum Gasteiger partial charge on any atom is 0.271 e. The van der Waals surface area contributed by atoms with Crippen LogP contribution in [0.3, 0.4) is 0 Å². The van der Waals surface area contributed by atoms with Crippen LogP contribution in [0.2, 0.25) is 0 Å². The highest BCUT2D eigenvalue weighted by Gasteiger charge is 2.44. The third-order valence-electron chi connectivity index (χ3n) is 10.1. The number of nitrogens with zero attached hydrogens (tertiary/aromatic N) is 6. The van der Waals surface area contributed by atoms with E-state index in [4.69, 9.17) is 15.5 Å². The molecule has 0 bridgehead atoms. The summed E-state index contributed by atoms with van der Waals surface area (Å²) < 4.78 is 5.54. The molecule has 3 aromatic rings. The quantitative estimate of drug-likeness (QED) is 0.345. The number of hydrogen-bond donors (Lipinski definition) is 3. The number of nitrogens with one attached hydrogen (secondary N) is 2. The molecule has 1 spiro atoms. The van der Waals surface area contributed by atoms with Crippen molar-refractivity contribution in [3.8, 4) is 11.4 Å². The molecular weight excluding hydrogens is 566 g/mol. The van der Waals surface area contributed by atoms with E-state index in [9.17, 15) is 4.79 Å². The first-order chi connectivity index (χ1) is 21.9. The number of pyridine rings is 1. The molecule has 4 saturated heterocycles. The van der Waals surface area contributed by atoms with Crippen molar-refractivity contribution in [3.05, 3.63) is 54.4 Å². The Kier molecular flexibility index (Phi) is 8.57. The Morgan fingerprint density at radius 2 is 1.67 bits per heavy atom. The van der Waals surface area contributed by atoms with Crippen LogP contribution in [0, 0.1) is 5.41 Å². The van der Waals surface area contributed by atoms with Crippen LogP contribution in [0.25, 0.3) is 11.4 Å². The minimum Gasteiger partial charge on any atom is -0.381 e. The van der Waals surface area contributed by atoms with Crippen LogP contribution in [0.15, 0.2) is 48.7 Å². The van der Waals surface area contributed by atoms with Crippen molar-refractivity contribution in [1.82, 2.24) is 24.8 Å². The van der Waals surface area contributed by atoms with Crippen molar-refractivity contribution >= 4 is 28.9 Å². The Labute approximate surface area is 265 Å². The molecule has 238 valence electrons. The normalized spacial score (nSPS) is 21.4. The first kappa shape index (κ1) is 29.9. The van der Waals surface area contributed by atoms with Gasteiger partial charge < -0.3 is 35.8 Å². The number of nitrogens with two attached hydrogens (primary N) is 1. The lowest BCUT2D eigenvalue weighted by molar-refractivity contribution is -0.0419. The zero-order valence-electron chi connectivity index (χ0n) is 26.3. The molecule has 4 N–H and O–H groups in total. The third kappa shape index (κ3) is 6.61. The highest BCUT2D eigenvalue weighted by molar-refractivity contribution is 5.97. The van der Waals surface area contributed by atoms with Crippen LogP contribution in [-0.4, -0.2) is 102 Å². The summed E-state index contributed by atoms with van der Waals surface area (Å²) in [6.45, 7) is 8.58. The molecule has 7 rings (SSSR count). The monoisotopic (exact) mass is 611 g/mol. The lowest BCUT2D eigenvalue weighted by Gasteiger charge is -2.54. The molecular formula is C34H45N9O2. The second-order valence-corrected chi connectivity index (χ2v) is 13.3. The average molecular weight is 612 g/mol. The first-order valence-electron chi connectivity index (χ1n) is 16.5. The van der Waals surface area contributed by atoms with E-state index in [0.29, 0.717) is 47.7 Å². The zero-order valence-corrected chi connectivity index (χ0v) is 26.3. The van der Waals surface area contributed by atoms with Crippen LogP contribution in [0.1, 0.15) is 49.0 Å². The standard InChI is InChI=1S/C34H45N9O2/c1-41-22-34(23-41)13-18-43(19-14-34)27-9-16-42(17-10-27)26-7-5-24(6-8-26)37-33-30(31(35)44)39-29(28-4-2-3-15-36-28)32(40-33)38-25-11-20-45-21-12-25/h2-8,15,25,27H,9-14,16-23H2,1H3,(H2,35,44)(H2,37,38,40). The van der Waals surface area contributed by atoms with Crippen LogP contribution < -0.4 is 21.3 Å². The van der Waals surface area contributed by atoms with Gasteiger partial charge in [0.2, 0.25) is 0 Å². The molecule has 0 atom stereocenters. The number of likely N-dealkylation sites (tertiary alicyclic amines) is 2. The molecule has 0 saturated carbocycles. The number of amides is 1. The van der Waals surface area contributed by atoms with Gasteiger partial charge in [0.15, 0.2) is 17.3 Å². The Morgan fingerprint density at radius 3 is 2.31 bits per heavy atom. The summed E-state index contributed by atoms with van der Waals surface area (Å²) in [4.78, 5) is 34.3. The van der Waals surface area contributed by atoms with E-state index in [0.717, 1.165) is 31.6 Å². The minimum absolute atomic E-state index is 0.0762. The van der Waals surface area contributed by atoms with Crippen LogP contribution in [-0.2, 0) is 4.74 Å². The molecule has 1 amide bonds. The lowest BCUT2D eigenvalue weighted by Crippen LogP contribution is -2.60. The van der Waals surface area contributed by atoms with Gasteiger partial charge in [0.05, 0.1) is 5.69 Å². The van der Waals surface area contributed by atoms with E-state index in [2.05, 4.69) is 54.5 Å². The number of piperidine rings is 2. The Hall–Kier alpha value is -3.80. The molecule has 4 aliphatic rings. The van der Waals surface area contributed by atoms with Crippen molar-refractivity contribution in [3.63, 3.8) is 0 Å². The van der Waals surface area contributed by atoms with E-state index >= 15 is 0 Å². The molecule has 0 unspecified atom stereocenters. The lowest BCUT2D eigenvalue weighted by atomic mass is 9.72. The van der Waals surface area contributed by atoms with E-state index in [-0.39, 0.29) is 11.7 Å². The predicted octanol–water partition coefficient (Wildman–Crippen LogP) is 3.97. The van der Waals surface area contributed by atoms with Crippen molar-refractivity contribution in [2.75, 3.05) is 75.1 Å². The van der Waals surface area contributed by atoms with Crippen molar-refractivity contribution in [2.45, 2.75) is 50.6 Å². The van der Waals surface area contributed by atoms with E-state index in [1.165, 1.54) is 57.5 Å². The van der Waals surface area contributed by atoms with Crippen molar-refractivity contribution in [1.29, 1.82) is 0 Å². The molecule has 2 aromatic heterocycles. The molecule has 11 heteroatoms. The summed E-state index contributed by atoms with van der Waals surface area (Å²) in [5, 5.41) is 6.85. The van der Waals surface area contributed by atoms with Gasteiger partial charge in [-0.2, -0.15) is 0 Å².